The lowest BCUT2D eigenvalue weighted by atomic mass is 10.2. The zero-order chi connectivity index (χ0) is 11.8. The van der Waals surface area contributed by atoms with Gasteiger partial charge in [-0.25, -0.2) is 5.84 Å². The minimum absolute atomic E-state index is 0.0372. The summed E-state index contributed by atoms with van der Waals surface area (Å²) in [7, 11) is 3.39. The van der Waals surface area contributed by atoms with Gasteiger partial charge in [0.05, 0.1) is 6.04 Å². The van der Waals surface area contributed by atoms with Crippen molar-refractivity contribution < 1.29 is 9.59 Å². The summed E-state index contributed by atoms with van der Waals surface area (Å²) in [5.74, 6) is 4.80. The smallest absolute Gasteiger partial charge is 0.251 e. The van der Waals surface area contributed by atoms with Gasteiger partial charge in [-0.05, 0) is 13.5 Å². The van der Waals surface area contributed by atoms with Crippen molar-refractivity contribution >= 4 is 11.8 Å². The maximum Gasteiger partial charge on any atom is 0.251 e. The highest BCUT2D eigenvalue weighted by Gasteiger charge is 2.20. The molecule has 0 aliphatic rings. The van der Waals surface area contributed by atoms with Gasteiger partial charge in [-0.2, -0.15) is 0 Å². The predicted octanol–water partition coefficient (Wildman–Crippen LogP) is -1.18. The molecule has 0 spiro atoms. The lowest BCUT2D eigenvalue weighted by molar-refractivity contribution is -0.127. The highest BCUT2D eigenvalue weighted by Crippen LogP contribution is 2.02. The van der Waals surface area contributed by atoms with E-state index in [4.69, 9.17) is 5.84 Å². The molecule has 0 aliphatic carbocycles. The van der Waals surface area contributed by atoms with Crippen LogP contribution in [0.3, 0.4) is 0 Å². The Morgan fingerprint density at radius 1 is 1.47 bits per heavy atom. The summed E-state index contributed by atoms with van der Waals surface area (Å²) in [5.41, 5.74) is 2.12. The number of hydrogen-bond acceptors (Lipinski definition) is 4. The van der Waals surface area contributed by atoms with Gasteiger partial charge in [0.15, 0.2) is 0 Å². The third-order valence-electron chi connectivity index (χ3n) is 2.33. The Morgan fingerprint density at radius 2 is 2.07 bits per heavy atom. The minimum Gasteiger partial charge on any atom is -0.359 e. The highest BCUT2D eigenvalue weighted by molar-refractivity contribution is 5.81. The molecule has 0 bridgehead atoms. The standard InChI is InChI=1S/C9H20N4O2/c1-4-7(9(15)12-10)13(3)6-5-8(14)11-2/h7H,4-6,10H2,1-3H3,(H,11,14)(H,12,15). The third kappa shape index (κ3) is 4.75. The van der Waals surface area contributed by atoms with Crippen LogP contribution < -0.4 is 16.6 Å². The number of rotatable bonds is 6. The Bertz CT molecular complexity index is 220. The summed E-state index contributed by atoms with van der Waals surface area (Å²) in [6, 6.07) is -0.278. The van der Waals surface area contributed by atoms with Gasteiger partial charge in [0.1, 0.15) is 0 Å². The maximum absolute atomic E-state index is 11.3. The van der Waals surface area contributed by atoms with Gasteiger partial charge in [-0.1, -0.05) is 6.92 Å². The van der Waals surface area contributed by atoms with Gasteiger partial charge in [0.25, 0.3) is 5.91 Å². The Morgan fingerprint density at radius 3 is 2.47 bits per heavy atom. The van der Waals surface area contributed by atoms with Crippen LogP contribution in [-0.2, 0) is 9.59 Å². The van der Waals surface area contributed by atoms with Crippen molar-refractivity contribution in [3.63, 3.8) is 0 Å². The lowest BCUT2D eigenvalue weighted by Gasteiger charge is -2.24. The second-order valence-corrected chi connectivity index (χ2v) is 3.34. The van der Waals surface area contributed by atoms with Crippen LogP contribution in [0.15, 0.2) is 0 Å². The summed E-state index contributed by atoms with van der Waals surface area (Å²) in [5, 5.41) is 2.53. The third-order valence-corrected chi connectivity index (χ3v) is 2.33. The van der Waals surface area contributed by atoms with Crippen LogP contribution in [0.2, 0.25) is 0 Å². The summed E-state index contributed by atoms with van der Waals surface area (Å²) in [6.45, 7) is 2.43. The molecule has 0 aromatic carbocycles. The number of nitrogens with two attached hydrogens (primary N) is 1. The van der Waals surface area contributed by atoms with Gasteiger partial charge in [0.2, 0.25) is 5.91 Å². The van der Waals surface area contributed by atoms with E-state index in [0.717, 1.165) is 0 Å². The Hall–Kier alpha value is -1.14. The topological polar surface area (TPSA) is 87.5 Å². The molecule has 0 heterocycles. The van der Waals surface area contributed by atoms with Gasteiger partial charge in [-0.15, -0.1) is 0 Å². The Kier molecular flexibility index (Phi) is 6.64. The number of carbonyl (C=O) groups excluding carboxylic acids is 2. The molecule has 0 saturated carbocycles. The van der Waals surface area contributed by atoms with E-state index >= 15 is 0 Å². The van der Waals surface area contributed by atoms with Gasteiger partial charge >= 0.3 is 0 Å². The SMILES string of the molecule is CCC(C(=O)NN)N(C)CCC(=O)NC. The number of hydrazine groups is 1. The fourth-order valence-corrected chi connectivity index (χ4v) is 1.35. The first-order valence-corrected chi connectivity index (χ1v) is 4.98. The van der Waals surface area contributed by atoms with E-state index in [1.807, 2.05) is 11.8 Å². The van der Waals surface area contributed by atoms with Crippen molar-refractivity contribution in [2.75, 3.05) is 20.6 Å². The minimum atomic E-state index is -0.278. The average Bonchev–Trinajstić information content (AvgIpc) is 2.26. The first kappa shape index (κ1) is 13.9. The highest BCUT2D eigenvalue weighted by atomic mass is 16.2. The molecule has 0 radical (unpaired) electrons. The molecule has 88 valence electrons. The molecule has 0 rings (SSSR count). The largest absolute Gasteiger partial charge is 0.359 e. The van der Waals surface area contributed by atoms with Gasteiger partial charge < -0.3 is 5.32 Å². The molecular weight excluding hydrogens is 196 g/mol. The van der Waals surface area contributed by atoms with E-state index in [9.17, 15) is 9.59 Å². The second-order valence-electron chi connectivity index (χ2n) is 3.34. The van der Waals surface area contributed by atoms with Crippen LogP contribution in [0.1, 0.15) is 19.8 Å². The van der Waals surface area contributed by atoms with E-state index in [-0.39, 0.29) is 17.9 Å². The van der Waals surface area contributed by atoms with Crippen molar-refractivity contribution in [2.45, 2.75) is 25.8 Å². The van der Waals surface area contributed by atoms with E-state index in [1.54, 1.807) is 14.1 Å². The number of carbonyl (C=O) groups is 2. The van der Waals surface area contributed by atoms with Crippen LogP contribution in [-0.4, -0.2) is 43.4 Å². The molecule has 6 heteroatoms. The summed E-state index contributed by atoms with van der Waals surface area (Å²) in [6.07, 6.45) is 1.04. The fraction of sp³-hybridized carbons (Fsp3) is 0.778. The Balaban J connectivity index is 4.09. The maximum atomic E-state index is 11.3. The summed E-state index contributed by atoms with van der Waals surface area (Å²) >= 11 is 0. The van der Waals surface area contributed by atoms with E-state index in [2.05, 4.69) is 10.7 Å². The van der Waals surface area contributed by atoms with Crippen LogP contribution >= 0.6 is 0 Å². The van der Waals surface area contributed by atoms with Crippen molar-refractivity contribution in [2.24, 2.45) is 5.84 Å². The Labute approximate surface area is 90.2 Å². The van der Waals surface area contributed by atoms with E-state index in [1.165, 1.54) is 0 Å². The molecule has 1 unspecified atom stereocenters. The second kappa shape index (κ2) is 7.19. The number of hydrogen-bond donors (Lipinski definition) is 3. The number of likely N-dealkylation sites (N-methyl/N-ethyl adjacent to an activating group) is 1. The monoisotopic (exact) mass is 216 g/mol. The van der Waals surface area contributed by atoms with E-state index < -0.39 is 0 Å². The zero-order valence-electron chi connectivity index (χ0n) is 9.54. The fourth-order valence-electron chi connectivity index (χ4n) is 1.35. The molecule has 6 nitrogen and oxygen atoms in total. The molecule has 0 aromatic heterocycles. The number of nitrogens with zero attached hydrogens (tertiary/aromatic N) is 1. The lowest BCUT2D eigenvalue weighted by Crippen LogP contribution is -2.48. The van der Waals surface area contributed by atoms with Gasteiger partial charge in [0, 0.05) is 20.0 Å². The summed E-state index contributed by atoms with van der Waals surface area (Å²) < 4.78 is 0. The molecule has 1 atom stereocenters. The normalized spacial score (nSPS) is 12.3. The zero-order valence-corrected chi connectivity index (χ0v) is 9.54. The van der Waals surface area contributed by atoms with Crippen LogP contribution in [0.4, 0.5) is 0 Å². The first-order valence-electron chi connectivity index (χ1n) is 4.98. The predicted molar refractivity (Wildman–Crippen MR) is 57.7 cm³/mol. The molecule has 4 N–H and O–H groups in total. The number of amides is 2. The van der Waals surface area contributed by atoms with Crippen molar-refractivity contribution in [1.29, 1.82) is 0 Å². The molecule has 2 amide bonds. The van der Waals surface area contributed by atoms with Gasteiger partial charge in [-0.3, -0.25) is 19.9 Å². The van der Waals surface area contributed by atoms with Crippen LogP contribution in [0, 0.1) is 0 Å². The number of nitrogens with one attached hydrogen (secondary N) is 2. The molecule has 0 fully saturated rings. The van der Waals surface area contributed by atoms with Crippen molar-refractivity contribution in [3.05, 3.63) is 0 Å². The first-order chi connectivity index (χ1) is 7.06. The molecule has 0 saturated heterocycles. The molecular formula is C9H20N4O2. The van der Waals surface area contributed by atoms with Crippen LogP contribution in [0.5, 0.6) is 0 Å². The van der Waals surface area contributed by atoms with Crippen molar-refractivity contribution in [3.8, 4) is 0 Å². The van der Waals surface area contributed by atoms with E-state index in [0.29, 0.717) is 19.4 Å². The molecule has 0 aliphatic heterocycles. The molecule has 0 aromatic rings. The van der Waals surface area contributed by atoms with Crippen molar-refractivity contribution in [1.82, 2.24) is 15.6 Å². The van der Waals surface area contributed by atoms with Crippen LogP contribution in [0.25, 0.3) is 0 Å². The summed E-state index contributed by atoms with van der Waals surface area (Å²) in [4.78, 5) is 24.1. The quantitative estimate of drug-likeness (QED) is 0.296. The molecule has 15 heavy (non-hydrogen) atoms. The average molecular weight is 216 g/mol.